The van der Waals surface area contributed by atoms with Gasteiger partial charge in [0.1, 0.15) is 5.76 Å². The monoisotopic (exact) mass is 275 g/mol. The third-order valence-corrected chi connectivity index (χ3v) is 4.29. The molecular weight excluding hydrogens is 258 g/mol. The molecule has 0 unspecified atom stereocenters. The van der Waals surface area contributed by atoms with Crippen molar-refractivity contribution in [2.45, 2.75) is 12.8 Å². The Bertz CT molecular complexity index is 534. The lowest BCUT2D eigenvalue weighted by Crippen LogP contribution is -2.26. The van der Waals surface area contributed by atoms with Crippen molar-refractivity contribution >= 4 is 22.5 Å². The minimum absolute atomic E-state index is 0.705. The number of furan rings is 1. The van der Waals surface area contributed by atoms with Crippen LogP contribution in [0.2, 0.25) is 0 Å². The van der Waals surface area contributed by atoms with Crippen molar-refractivity contribution in [2.75, 3.05) is 25.4 Å². The third kappa shape index (κ3) is 3.05. The van der Waals surface area contributed by atoms with E-state index in [0.29, 0.717) is 5.13 Å². The molecule has 3 heterocycles. The van der Waals surface area contributed by atoms with Gasteiger partial charge in [0.25, 0.3) is 0 Å². The molecule has 2 aromatic heterocycles. The molecule has 0 spiro atoms. The lowest BCUT2D eigenvalue weighted by molar-refractivity contribution is 0.318. The van der Waals surface area contributed by atoms with E-state index in [4.69, 9.17) is 10.2 Å². The molecule has 0 saturated heterocycles. The standard InChI is InChI=1S/C14H17N3OS/c15-14-16-12-5-8-17(9-6-13(12)19-14)7-1-3-11-4-2-10-18-11/h1-4,10H,5-9H2,(H2,15,16)/b3-1+. The molecule has 0 saturated carbocycles. The smallest absolute Gasteiger partial charge is 0.180 e. The van der Waals surface area contributed by atoms with Crippen molar-refractivity contribution in [3.05, 3.63) is 40.8 Å². The Kier molecular flexibility index (Phi) is 3.66. The van der Waals surface area contributed by atoms with Gasteiger partial charge >= 0.3 is 0 Å². The van der Waals surface area contributed by atoms with Crippen LogP contribution in [-0.4, -0.2) is 29.5 Å². The van der Waals surface area contributed by atoms with Crippen LogP contribution in [0.1, 0.15) is 16.3 Å². The first-order valence-electron chi connectivity index (χ1n) is 6.48. The number of anilines is 1. The van der Waals surface area contributed by atoms with Crippen LogP contribution in [0.3, 0.4) is 0 Å². The third-order valence-electron chi connectivity index (χ3n) is 3.30. The number of nitrogens with two attached hydrogens (primary N) is 1. The number of hydrogen-bond acceptors (Lipinski definition) is 5. The van der Waals surface area contributed by atoms with Gasteiger partial charge in [-0.3, -0.25) is 4.90 Å². The van der Waals surface area contributed by atoms with E-state index < -0.39 is 0 Å². The van der Waals surface area contributed by atoms with Crippen LogP contribution in [0.15, 0.2) is 28.9 Å². The molecular formula is C14H17N3OS. The Morgan fingerprint density at radius 2 is 2.32 bits per heavy atom. The van der Waals surface area contributed by atoms with E-state index in [9.17, 15) is 0 Å². The Morgan fingerprint density at radius 3 is 3.16 bits per heavy atom. The summed E-state index contributed by atoms with van der Waals surface area (Å²) in [6.45, 7) is 3.06. The minimum atomic E-state index is 0.705. The van der Waals surface area contributed by atoms with E-state index >= 15 is 0 Å². The Hall–Kier alpha value is -1.59. The van der Waals surface area contributed by atoms with E-state index in [-0.39, 0.29) is 0 Å². The SMILES string of the molecule is Nc1nc2c(s1)CCN(C/C=C/c1ccco1)CC2. The summed E-state index contributed by atoms with van der Waals surface area (Å²) in [5.74, 6) is 0.906. The van der Waals surface area contributed by atoms with Crippen molar-refractivity contribution < 1.29 is 4.42 Å². The molecule has 2 aromatic rings. The Morgan fingerprint density at radius 1 is 1.42 bits per heavy atom. The van der Waals surface area contributed by atoms with Crippen LogP contribution in [0.25, 0.3) is 6.08 Å². The Balaban J connectivity index is 1.56. The molecule has 0 aromatic carbocycles. The fourth-order valence-corrected chi connectivity index (χ4v) is 3.18. The number of nitrogen functional groups attached to an aromatic ring is 1. The molecule has 0 aliphatic carbocycles. The first-order valence-corrected chi connectivity index (χ1v) is 7.29. The van der Waals surface area contributed by atoms with Gasteiger partial charge in [0, 0.05) is 30.9 Å². The second-order valence-electron chi connectivity index (χ2n) is 4.64. The summed E-state index contributed by atoms with van der Waals surface area (Å²) in [4.78, 5) is 8.19. The van der Waals surface area contributed by atoms with Crippen molar-refractivity contribution in [3.63, 3.8) is 0 Å². The molecule has 100 valence electrons. The predicted octanol–water partition coefficient (Wildman–Crippen LogP) is 2.43. The molecule has 2 N–H and O–H groups in total. The van der Waals surface area contributed by atoms with Crippen LogP contribution in [-0.2, 0) is 12.8 Å². The number of rotatable bonds is 3. The quantitative estimate of drug-likeness (QED) is 0.934. The Labute approximate surface area is 116 Å². The van der Waals surface area contributed by atoms with Gasteiger partial charge in [-0.05, 0) is 24.6 Å². The summed E-state index contributed by atoms with van der Waals surface area (Å²) < 4.78 is 5.27. The molecule has 0 amide bonds. The van der Waals surface area contributed by atoms with Crippen LogP contribution in [0.5, 0.6) is 0 Å². The zero-order chi connectivity index (χ0) is 13.1. The lowest BCUT2D eigenvalue weighted by Gasteiger charge is -2.16. The first-order chi connectivity index (χ1) is 9.31. The average Bonchev–Trinajstić information content (AvgIpc) is 2.98. The van der Waals surface area contributed by atoms with Gasteiger partial charge in [0.2, 0.25) is 0 Å². The van der Waals surface area contributed by atoms with Crippen molar-refractivity contribution in [1.82, 2.24) is 9.88 Å². The van der Waals surface area contributed by atoms with Crippen LogP contribution in [0.4, 0.5) is 5.13 Å². The van der Waals surface area contributed by atoms with Gasteiger partial charge in [0.05, 0.1) is 12.0 Å². The van der Waals surface area contributed by atoms with Crippen molar-refractivity contribution in [1.29, 1.82) is 0 Å². The first kappa shape index (κ1) is 12.4. The molecule has 4 nitrogen and oxygen atoms in total. The van der Waals surface area contributed by atoms with Gasteiger partial charge in [-0.25, -0.2) is 4.98 Å². The predicted molar refractivity (Wildman–Crippen MR) is 78.1 cm³/mol. The van der Waals surface area contributed by atoms with Gasteiger partial charge in [0.15, 0.2) is 5.13 Å². The molecule has 3 rings (SSSR count). The number of thiazole rings is 1. The molecule has 19 heavy (non-hydrogen) atoms. The molecule has 0 radical (unpaired) electrons. The summed E-state index contributed by atoms with van der Waals surface area (Å²) in [6, 6.07) is 3.86. The largest absolute Gasteiger partial charge is 0.465 e. The highest BCUT2D eigenvalue weighted by atomic mass is 32.1. The average molecular weight is 275 g/mol. The zero-order valence-corrected chi connectivity index (χ0v) is 11.5. The summed E-state index contributed by atoms with van der Waals surface area (Å²) in [5, 5.41) is 0.705. The molecule has 5 heteroatoms. The van der Waals surface area contributed by atoms with E-state index in [0.717, 1.165) is 38.2 Å². The summed E-state index contributed by atoms with van der Waals surface area (Å²) in [6.07, 6.45) is 7.92. The highest BCUT2D eigenvalue weighted by Crippen LogP contribution is 2.24. The number of nitrogens with zero attached hydrogens (tertiary/aromatic N) is 2. The maximum atomic E-state index is 5.75. The fraction of sp³-hybridized carbons (Fsp3) is 0.357. The molecule has 1 aliphatic heterocycles. The normalized spacial score (nSPS) is 16.6. The van der Waals surface area contributed by atoms with Crippen LogP contribution < -0.4 is 5.73 Å². The number of aromatic nitrogens is 1. The topological polar surface area (TPSA) is 55.3 Å². The molecule has 1 aliphatic rings. The van der Waals surface area contributed by atoms with Crippen LogP contribution in [0, 0.1) is 0 Å². The maximum Gasteiger partial charge on any atom is 0.180 e. The second-order valence-corrected chi connectivity index (χ2v) is 5.76. The maximum absolute atomic E-state index is 5.75. The summed E-state index contributed by atoms with van der Waals surface area (Å²) >= 11 is 1.63. The van der Waals surface area contributed by atoms with Gasteiger partial charge in [-0.1, -0.05) is 6.08 Å². The highest BCUT2D eigenvalue weighted by molar-refractivity contribution is 7.15. The van der Waals surface area contributed by atoms with Crippen molar-refractivity contribution in [2.24, 2.45) is 0 Å². The van der Waals surface area contributed by atoms with Gasteiger partial charge < -0.3 is 10.2 Å². The minimum Gasteiger partial charge on any atom is -0.465 e. The highest BCUT2D eigenvalue weighted by Gasteiger charge is 2.16. The summed E-state index contributed by atoms with van der Waals surface area (Å²) in [7, 11) is 0. The zero-order valence-electron chi connectivity index (χ0n) is 10.7. The number of hydrogen-bond donors (Lipinski definition) is 1. The van der Waals surface area contributed by atoms with E-state index in [1.165, 1.54) is 10.6 Å². The van der Waals surface area contributed by atoms with Crippen LogP contribution >= 0.6 is 11.3 Å². The van der Waals surface area contributed by atoms with E-state index in [2.05, 4.69) is 16.0 Å². The van der Waals surface area contributed by atoms with Gasteiger partial charge in [-0.15, -0.1) is 11.3 Å². The number of fused-ring (bicyclic) bond motifs is 1. The lowest BCUT2D eigenvalue weighted by atomic mass is 10.2. The molecule has 0 fully saturated rings. The summed E-state index contributed by atoms with van der Waals surface area (Å²) in [5.41, 5.74) is 6.95. The molecule has 0 bridgehead atoms. The van der Waals surface area contributed by atoms with Crippen molar-refractivity contribution in [3.8, 4) is 0 Å². The fourth-order valence-electron chi connectivity index (χ4n) is 2.32. The van der Waals surface area contributed by atoms with E-state index in [1.54, 1.807) is 17.6 Å². The van der Waals surface area contributed by atoms with Gasteiger partial charge in [-0.2, -0.15) is 0 Å². The van der Waals surface area contributed by atoms with E-state index in [1.807, 2.05) is 18.2 Å². The molecule has 0 atom stereocenters. The second kappa shape index (κ2) is 5.59.